The largest absolute Gasteiger partial charge is 0.350 e. The zero-order valence-corrected chi connectivity index (χ0v) is 13.5. The highest BCUT2D eigenvalue weighted by Crippen LogP contribution is 2.37. The molecule has 0 N–H and O–H groups in total. The van der Waals surface area contributed by atoms with E-state index < -0.39 is 5.79 Å². The van der Waals surface area contributed by atoms with Crippen molar-refractivity contribution in [3.63, 3.8) is 0 Å². The van der Waals surface area contributed by atoms with E-state index >= 15 is 0 Å². The Hall–Kier alpha value is -1.39. The number of aryl methyl sites for hydroxylation is 1. The number of carbonyl (C=O) groups excluding carboxylic acids is 1. The van der Waals surface area contributed by atoms with Crippen LogP contribution in [0.5, 0.6) is 0 Å². The Morgan fingerprint density at radius 2 is 1.77 bits per heavy atom. The molecule has 1 spiro atoms. The van der Waals surface area contributed by atoms with E-state index in [1.54, 1.807) is 0 Å². The van der Waals surface area contributed by atoms with Crippen molar-refractivity contribution in [3.8, 4) is 0 Å². The van der Waals surface area contributed by atoms with Crippen molar-refractivity contribution in [2.75, 3.05) is 26.3 Å². The molecular formula is C18H25NO3. The molecule has 1 aromatic carbocycles. The number of rotatable bonds is 4. The number of benzene rings is 1. The molecule has 0 aromatic heterocycles. The third-order valence-corrected chi connectivity index (χ3v) is 4.56. The number of amides is 1. The zero-order chi connectivity index (χ0) is 15.6. The van der Waals surface area contributed by atoms with Gasteiger partial charge >= 0.3 is 0 Å². The van der Waals surface area contributed by atoms with Crippen molar-refractivity contribution in [1.82, 2.24) is 4.90 Å². The van der Waals surface area contributed by atoms with Crippen LogP contribution in [-0.4, -0.2) is 42.9 Å². The Kier molecular flexibility index (Phi) is 4.24. The Morgan fingerprint density at radius 3 is 2.41 bits per heavy atom. The number of nitrogens with zero attached hydrogens (tertiary/aromatic N) is 1. The van der Waals surface area contributed by atoms with Gasteiger partial charge < -0.3 is 14.4 Å². The number of likely N-dealkylation sites (tertiary alicyclic amines) is 1. The Bertz CT molecular complexity index is 508. The summed E-state index contributed by atoms with van der Waals surface area (Å²) in [6.07, 6.45) is 2.50. The lowest BCUT2D eigenvalue weighted by atomic mass is 9.80. The van der Waals surface area contributed by atoms with Crippen LogP contribution < -0.4 is 0 Å². The van der Waals surface area contributed by atoms with Crippen molar-refractivity contribution in [2.24, 2.45) is 5.41 Å². The molecule has 0 aliphatic carbocycles. The quantitative estimate of drug-likeness (QED) is 0.858. The van der Waals surface area contributed by atoms with E-state index in [-0.39, 0.29) is 11.3 Å². The third-order valence-electron chi connectivity index (χ3n) is 4.56. The van der Waals surface area contributed by atoms with Gasteiger partial charge in [-0.15, -0.1) is 0 Å². The van der Waals surface area contributed by atoms with Crippen LogP contribution in [0.4, 0.5) is 0 Å². The molecule has 22 heavy (non-hydrogen) atoms. The minimum atomic E-state index is -0.481. The van der Waals surface area contributed by atoms with Gasteiger partial charge in [0, 0.05) is 19.5 Å². The molecule has 2 aliphatic heterocycles. The minimum absolute atomic E-state index is 0.0324. The fraction of sp³-hybridized carbons (Fsp3) is 0.611. The van der Waals surface area contributed by atoms with Crippen LogP contribution in [0.2, 0.25) is 0 Å². The highest BCUT2D eigenvalue weighted by molar-refractivity contribution is 5.77. The lowest BCUT2D eigenvalue weighted by Crippen LogP contribution is -2.65. The smallest absolute Gasteiger partial charge is 0.222 e. The van der Waals surface area contributed by atoms with E-state index in [1.807, 2.05) is 36.9 Å². The highest BCUT2D eigenvalue weighted by atomic mass is 16.7. The summed E-state index contributed by atoms with van der Waals surface area (Å²) in [6.45, 7) is 6.79. The normalized spacial score (nSPS) is 22.4. The summed E-state index contributed by atoms with van der Waals surface area (Å²) >= 11 is 0. The van der Waals surface area contributed by atoms with Gasteiger partial charge in [-0.3, -0.25) is 4.79 Å². The molecule has 2 fully saturated rings. The second-order valence-electron chi connectivity index (χ2n) is 7.07. The molecule has 1 aromatic rings. The average molecular weight is 303 g/mol. The number of hydrogen-bond donors (Lipinski definition) is 0. The van der Waals surface area contributed by atoms with Crippen molar-refractivity contribution >= 4 is 5.91 Å². The van der Waals surface area contributed by atoms with Crippen LogP contribution in [0, 0.1) is 5.41 Å². The number of ether oxygens (including phenoxy) is 2. The molecule has 4 nitrogen and oxygen atoms in total. The average Bonchev–Trinajstić information content (AvgIpc) is 2.46. The zero-order valence-electron chi connectivity index (χ0n) is 13.5. The summed E-state index contributed by atoms with van der Waals surface area (Å²) in [7, 11) is 0. The molecule has 1 amide bonds. The van der Waals surface area contributed by atoms with Crippen molar-refractivity contribution in [3.05, 3.63) is 35.9 Å². The van der Waals surface area contributed by atoms with Gasteiger partial charge in [-0.25, -0.2) is 0 Å². The maximum atomic E-state index is 12.2. The van der Waals surface area contributed by atoms with E-state index in [0.29, 0.717) is 19.6 Å². The van der Waals surface area contributed by atoms with E-state index in [4.69, 9.17) is 9.47 Å². The molecule has 0 atom stereocenters. The van der Waals surface area contributed by atoms with Gasteiger partial charge in [-0.05, 0) is 32.3 Å². The summed E-state index contributed by atoms with van der Waals surface area (Å²) < 4.78 is 11.5. The van der Waals surface area contributed by atoms with Gasteiger partial charge in [0.25, 0.3) is 0 Å². The third kappa shape index (κ3) is 3.50. The lowest BCUT2D eigenvalue weighted by molar-refractivity contribution is -0.302. The summed E-state index contributed by atoms with van der Waals surface area (Å²) in [5, 5.41) is 0. The topological polar surface area (TPSA) is 38.8 Å². The second-order valence-corrected chi connectivity index (χ2v) is 7.07. The fourth-order valence-corrected chi connectivity index (χ4v) is 3.11. The van der Waals surface area contributed by atoms with E-state index in [9.17, 15) is 4.79 Å². The first-order valence-corrected chi connectivity index (χ1v) is 8.08. The van der Waals surface area contributed by atoms with Crippen LogP contribution in [0.1, 0.15) is 32.3 Å². The molecule has 3 rings (SSSR count). The molecule has 2 aliphatic rings. The predicted octanol–water partition coefficient (Wildman–Crippen LogP) is 2.62. The van der Waals surface area contributed by atoms with Crippen molar-refractivity contribution < 1.29 is 14.3 Å². The highest BCUT2D eigenvalue weighted by Gasteiger charge is 2.49. The maximum absolute atomic E-state index is 12.2. The molecule has 0 saturated carbocycles. The maximum Gasteiger partial charge on any atom is 0.222 e. The van der Waals surface area contributed by atoms with Crippen LogP contribution in [0.15, 0.2) is 30.3 Å². The summed E-state index contributed by atoms with van der Waals surface area (Å²) in [4.78, 5) is 14.2. The molecule has 0 bridgehead atoms. The molecule has 120 valence electrons. The van der Waals surface area contributed by atoms with Gasteiger partial charge in [0.15, 0.2) is 5.79 Å². The monoisotopic (exact) mass is 303 g/mol. The van der Waals surface area contributed by atoms with E-state index in [0.717, 1.165) is 25.9 Å². The fourth-order valence-electron chi connectivity index (χ4n) is 3.11. The molecule has 2 saturated heterocycles. The first kappa shape index (κ1) is 15.5. The van der Waals surface area contributed by atoms with E-state index in [2.05, 4.69) is 12.1 Å². The van der Waals surface area contributed by atoms with Gasteiger partial charge in [-0.1, -0.05) is 30.3 Å². The lowest BCUT2D eigenvalue weighted by Gasteiger charge is -2.54. The van der Waals surface area contributed by atoms with Gasteiger partial charge in [0.05, 0.1) is 18.6 Å². The Morgan fingerprint density at radius 1 is 1.14 bits per heavy atom. The van der Waals surface area contributed by atoms with Crippen molar-refractivity contribution in [2.45, 2.75) is 38.9 Å². The van der Waals surface area contributed by atoms with Gasteiger partial charge in [-0.2, -0.15) is 0 Å². The second kappa shape index (κ2) is 6.01. The summed E-state index contributed by atoms with van der Waals surface area (Å²) in [5.41, 5.74) is 1.33. The molecule has 4 heteroatoms. The first-order valence-electron chi connectivity index (χ1n) is 8.08. The molecule has 0 unspecified atom stereocenters. The summed E-state index contributed by atoms with van der Waals surface area (Å²) in [5.74, 6) is -0.225. The number of hydrogen-bond acceptors (Lipinski definition) is 3. The molecule has 0 radical (unpaired) electrons. The van der Waals surface area contributed by atoms with E-state index in [1.165, 1.54) is 5.56 Å². The van der Waals surface area contributed by atoms with Crippen LogP contribution in [-0.2, 0) is 20.7 Å². The Labute approximate surface area is 132 Å². The standard InChI is InChI=1S/C18H25NO3/c1-17(2)21-13-18(14-22-17)11-19(12-18)16(20)10-6-9-15-7-4-3-5-8-15/h3-5,7-8H,6,9-14H2,1-2H3. The van der Waals surface area contributed by atoms with Gasteiger partial charge in [0.1, 0.15) is 0 Å². The van der Waals surface area contributed by atoms with Crippen molar-refractivity contribution in [1.29, 1.82) is 0 Å². The Balaban J connectivity index is 1.39. The van der Waals surface area contributed by atoms with Crippen LogP contribution in [0.25, 0.3) is 0 Å². The van der Waals surface area contributed by atoms with Crippen LogP contribution in [0.3, 0.4) is 0 Å². The minimum Gasteiger partial charge on any atom is -0.350 e. The first-order chi connectivity index (χ1) is 10.5. The molecule has 2 heterocycles. The molecular weight excluding hydrogens is 278 g/mol. The summed E-state index contributed by atoms with van der Waals surface area (Å²) in [6, 6.07) is 10.3. The number of carbonyl (C=O) groups is 1. The predicted molar refractivity (Wildman–Crippen MR) is 84.4 cm³/mol. The SMILES string of the molecule is CC1(C)OCC2(CO1)CN(C(=O)CCCc1ccccc1)C2. The van der Waals surface area contributed by atoms with Gasteiger partial charge in [0.2, 0.25) is 5.91 Å². The van der Waals surface area contributed by atoms with Crippen LogP contribution >= 0.6 is 0 Å².